The second-order valence-corrected chi connectivity index (χ2v) is 15.9. The minimum atomic E-state index is -3.74. The highest BCUT2D eigenvalue weighted by Gasteiger charge is 2.36. The number of hydrogen-bond acceptors (Lipinski definition) is 6. The lowest BCUT2D eigenvalue weighted by molar-refractivity contribution is 0.478. The van der Waals surface area contributed by atoms with E-state index in [9.17, 15) is 8.42 Å². The van der Waals surface area contributed by atoms with E-state index >= 15 is 0 Å². The van der Waals surface area contributed by atoms with Crippen LogP contribution in [0.5, 0.6) is 11.5 Å². The lowest BCUT2D eigenvalue weighted by Gasteiger charge is -2.34. The van der Waals surface area contributed by atoms with Crippen LogP contribution in [0.3, 0.4) is 0 Å². The van der Waals surface area contributed by atoms with Crippen molar-refractivity contribution in [3.8, 4) is 22.6 Å². The van der Waals surface area contributed by atoms with Gasteiger partial charge in [-0.05, 0) is 83.6 Å². The summed E-state index contributed by atoms with van der Waals surface area (Å²) in [5.41, 5.74) is 7.12. The van der Waals surface area contributed by atoms with Crippen molar-refractivity contribution in [3.63, 3.8) is 0 Å². The van der Waals surface area contributed by atoms with Gasteiger partial charge >= 0.3 is 0 Å². The van der Waals surface area contributed by atoms with Gasteiger partial charge in [0.05, 0.1) is 32.5 Å². The number of sulfone groups is 1. The van der Waals surface area contributed by atoms with Crippen LogP contribution in [0.15, 0.2) is 177 Å². The molecule has 0 saturated heterocycles. The maximum absolute atomic E-state index is 14.1. The van der Waals surface area contributed by atoms with Crippen molar-refractivity contribution in [3.05, 3.63) is 158 Å². The average molecular weight is 695 g/mol. The van der Waals surface area contributed by atoms with E-state index in [1.165, 1.54) is 0 Å². The van der Waals surface area contributed by atoms with Gasteiger partial charge in [-0.15, -0.1) is 0 Å². The molecule has 8 aromatic rings. The summed E-state index contributed by atoms with van der Waals surface area (Å²) in [7, 11) is -3.74. The average Bonchev–Trinajstić information content (AvgIpc) is 3.40. The lowest BCUT2D eigenvalue weighted by Crippen LogP contribution is -2.16. The van der Waals surface area contributed by atoms with E-state index in [2.05, 4.69) is 94.7 Å². The van der Waals surface area contributed by atoms with Gasteiger partial charge in [-0.25, -0.2) is 8.42 Å². The molecule has 0 unspecified atom stereocenters. The third-order valence-corrected chi connectivity index (χ3v) is 13.1. The van der Waals surface area contributed by atoms with Crippen LogP contribution < -0.4 is 14.5 Å². The van der Waals surface area contributed by atoms with Crippen LogP contribution in [0.1, 0.15) is 0 Å². The minimum Gasteiger partial charge on any atom is -0.453 e. The lowest BCUT2D eigenvalue weighted by atomic mass is 10.0. The van der Waals surface area contributed by atoms with Gasteiger partial charge in [0.2, 0.25) is 9.84 Å². The molecule has 0 radical (unpaired) electrons. The Kier molecular flexibility index (Phi) is 5.92. The third kappa shape index (κ3) is 4.07. The molecule has 0 aromatic heterocycles. The predicted molar refractivity (Wildman–Crippen MR) is 206 cm³/mol. The fraction of sp³-hybridized carbons (Fsp3) is 0. The number of benzene rings is 8. The van der Waals surface area contributed by atoms with Crippen molar-refractivity contribution in [1.29, 1.82) is 0 Å². The van der Waals surface area contributed by atoms with Gasteiger partial charge in [0, 0.05) is 43.1 Å². The van der Waals surface area contributed by atoms with E-state index in [0.717, 1.165) is 77.0 Å². The Morgan fingerprint density at radius 2 is 1.04 bits per heavy atom. The first-order valence-corrected chi connectivity index (χ1v) is 19.1. The number of hydrogen-bond donors (Lipinski definition) is 0. The van der Waals surface area contributed by atoms with Gasteiger partial charge in [0.15, 0.2) is 11.5 Å². The first-order valence-electron chi connectivity index (χ1n) is 16.8. The standard InChI is InChI=1S/C44H26N2O3S2/c47-51(48)41-23-19-29(45-35-13-5-7-15-37(35)49-38-21-17-27-9-1-3-11-31(27)43(38)45)25-33(41)34-26-30(20-24-42(34)51)46-36-14-6-8-16-39(36)50-40-22-18-28-10-2-4-12-32(28)44(40)46/h1-26H. The van der Waals surface area contributed by atoms with Crippen molar-refractivity contribution in [2.75, 3.05) is 9.80 Å². The summed E-state index contributed by atoms with van der Waals surface area (Å²) in [6, 6.07) is 53.0. The third-order valence-electron chi connectivity index (χ3n) is 10.1. The molecule has 11 rings (SSSR count). The maximum Gasteiger partial charge on any atom is 0.207 e. The monoisotopic (exact) mass is 694 g/mol. The summed E-state index contributed by atoms with van der Waals surface area (Å²) in [4.78, 5) is 7.43. The molecule has 242 valence electrons. The van der Waals surface area contributed by atoms with Crippen molar-refractivity contribution >= 4 is 77.3 Å². The number of fused-ring (bicyclic) bond motifs is 11. The van der Waals surface area contributed by atoms with Crippen molar-refractivity contribution in [2.45, 2.75) is 19.6 Å². The highest BCUT2D eigenvalue weighted by molar-refractivity contribution is 7.99. The van der Waals surface area contributed by atoms with Crippen molar-refractivity contribution in [2.24, 2.45) is 0 Å². The molecule has 8 aromatic carbocycles. The number of anilines is 6. The molecule has 0 fully saturated rings. The summed E-state index contributed by atoms with van der Waals surface area (Å²) in [6.45, 7) is 0. The number of nitrogens with zero attached hydrogens (tertiary/aromatic N) is 2. The fourth-order valence-corrected chi connectivity index (χ4v) is 10.6. The number of para-hydroxylation sites is 3. The Balaban J connectivity index is 1.14. The Bertz CT molecular complexity index is 2730. The van der Waals surface area contributed by atoms with E-state index in [1.807, 2.05) is 60.7 Å². The molecule has 0 bridgehead atoms. The van der Waals surface area contributed by atoms with Gasteiger partial charge in [0.25, 0.3) is 0 Å². The van der Waals surface area contributed by atoms with E-state index in [-0.39, 0.29) is 0 Å². The molecule has 0 atom stereocenters. The van der Waals surface area contributed by atoms with Gasteiger partial charge < -0.3 is 14.5 Å². The van der Waals surface area contributed by atoms with Gasteiger partial charge in [-0.3, -0.25) is 0 Å². The van der Waals surface area contributed by atoms with E-state index in [0.29, 0.717) is 20.9 Å². The Morgan fingerprint density at radius 3 is 1.76 bits per heavy atom. The number of rotatable bonds is 2. The largest absolute Gasteiger partial charge is 0.453 e. The molecule has 7 heteroatoms. The van der Waals surface area contributed by atoms with Crippen LogP contribution in [-0.2, 0) is 9.84 Å². The van der Waals surface area contributed by atoms with Crippen LogP contribution in [0.25, 0.3) is 32.7 Å². The summed E-state index contributed by atoms with van der Waals surface area (Å²) >= 11 is 1.76. The summed E-state index contributed by atoms with van der Waals surface area (Å²) in [5.74, 6) is 1.49. The quantitative estimate of drug-likeness (QED) is 0.180. The second kappa shape index (κ2) is 10.5. The smallest absolute Gasteiger partial charge is 0.207 e. The maximum atomic E-state index is 14.1. The molecule has 0 saturated carbocycles. The summed E-state index contributed by atoms with van der Waals surface area (Å²) in [6.07, 6.45) is 0. The zero-order valence-corrected chi connectivity index (χ0v) is 28.6. The summed E-state index contributed by atoms with van der Waals surface area (Å²) < 4.78 is 34.7. The van der Waals surface area contributed by atoms with E-state index in [4.69, 9.17) is 4.74 Å². The topological polar surface area (TPSA) is 49.9 Å². The molecule has 5 nitrogen and oxygen atoms in total. The molecule has 51 heavy (non-hydrogen) atoms. The van der Waals surface area contributed by atoms with Crippen molar-refractivity contribution in [1.82, 2.24) is 0 Å². The van der Waals surface area contributed by atoms with Gasteiger partial charge in [-0.1, -0.05) is 96.7 Å². The van der Waals surface area contributed by atoms with Crippen LogP contribution in [0.2, 0.25) is 0 Å². The van der Waals surface area contributed by atoms with Crippen LogP contribution >= 0.6 is 11.8 Å². The van der Waals surface area contributed by atoms with E-state index in [1.54, 1.807) is 23.9 Å². The molecule has 0 spiro atoms. The Hall–Kier alpha value is -6.02. The molecule has 3 heterocycles. The molecule has 0 aliphatic carbocycles. The zero-order valence-electron chi connectivity index (χ0n) is 26.9. The first-order chi connectivity index (χ1) is 25.0. The van der Waals surface area contributed by atoms with E-state index < -0.39 is 9.84 Å². The van der Waals surface area contributed by atoms with Crippen LogP contribution in [0, 0.1) is 0 Å². The minimum absolute atomic E-state index is 0.318. The van der Waals surface area contributed by atoms with Crippen LogP contribution in [0.4, 0.5) is 34.1 Å². The zero-order chi connectivity index (χ0) is 33.8. The highest BCUT2D eigenvalue weighted by Crippen LogP contribution is 2.57. The first kappa shape index (κ1) is 28.8. The highest BCUT2D eigenvalue weighted by atomic mass is 32.2. The van der Waals surface area contributed by atoms with Gasteiger partial charge in [-0.2, -0.15) is 0 Å². The SMILES string of the molecule is O=S1(=O)c2ccc(N3c4ccccc4Oc4ccc5ccccc5c43)cc2-c2cc(N3c4ccccc4Sc4ccc5ccccc5c43)ccc21. The molecule has 0 amide bonds. The molecule has 3 aliphatic heterocycles. The second-order valence-electron chi connectivity index (χ2n) is 12.9. The Labute approximate surface area is 298 Å². The fourth-order valence-electron chi connectivity index (χ4n) is 7.89. The Morgan fingerprint density at radius 1 is 0.471 bits per heavy atom. The van der Waals surface area contributed by atoms with Gasteiger partial charge in [0.1, 0.15) is 0 Å². The normalized spacial score (nSPS) is 14.6. The predicted octanol–water partition coefficient (Wildman–Crippen LogP) is 12.3. The molecule has 3 aliphatic rings. The van der Waals surface area contributed by atoms with Crippen LogP contribution in [-0.4, -0.2) is 8.42 Å². The molecular weight excluding hydrogens is 669 g/mol. The molecule has 0 N–H and O–H groups in total. The summed E-state index contributed by atoms with van der Waals surface area (Å²) in [5, 5.41) is 4.44. The molecular formula is C44H26N2O3S2. The number of ether oxygens (including phenoxy) is 1. The van der Waals surface area contributed by atoms with Crippen molar-refractivity contribution < 1.29 is 13.2 Å².